The number of nitrogens with zero attached hydrogens (tertiary/aromatic N) is 1. The normalized spacial score (nSPS) is 14.5. The topological polar surface area (TPSA) is 40.5 Å². The molecule has 0 amide bonds. The molecule has 1 heterocycles. The van der Waals surface area contributed by atoms with Crippen LogP contribution < -0.4 is 0 Å². The van der Waals surface area contributed by atoms with Gasteiger partial charge in [0.15, 0.2) is 0 Å². The minimum Gasteiger partial charge on any atom is -0.478 e. The Kier molecular flexibility index (Phi) is 4.54. The van der Waals surface area contributed by atoms with E-state index in [1.807, 2.05) is 12.1 Å². The maximum absolute atomic E-state index is 11.3. The maximum Gasteiger partial charge on any atom is 0.335 e. The Morgan fingerprint density at radius 2 is 1.91 bits per heavy atom. The van der Waals surface area contributed by atoms with Gasteiger partial charge >= 0.3 is 5.97 Å². The van der Waals surface area contributed by atoms with Crippen LogP contribution in [0.5, 0.6) is 0 Å². The highest BCUT2D eigenvalue weighted by atomic mass is 16.4. The number of rotatable bonds is 5. The molecule has 0 bridgehead atoms. The molecule has 0 atom stereocenters. The van der Waals surface area contributed by atoms with Crippen LogP contribution in [-0.2, 0) is 19.4 Å². The minimum absolute atomic E-state index is 0.474. The third kappa shape index (κ3) is 3.37. The summed E-state index contributed by atoms with van der Waals surface area (Å²) >= 11 is 0. The molecular weight excluding hydrogens is 274 g/mol. The van der Waals surface area contributed by atoms with Crippen molar-refractivity contribution in [3.63, 3.8) is 0 Å². The van der Waals surface area contributed by atoms with Gasteiger partial charge in [-0.1, -0.05) is 42.5 Å². The van der Waals surface area contributed by atoms with Crippen LogP contribution in [0.4, 0.5) is 0 Å². The summed E-state index contributed by atoms with van der Waals surface area (Å²) in [5, 5.41) is 9.26. The van der Waals surface area contributed by atoms with Gasteiger partial charge in [0, 0.05) is 13.1 Å². The number of aromatic carboxylic acids is 1. The second-order valence-electron chi connectivity index (χ2n) is 5.86. The molecule has 0 radical (unpaired) electrons. The van der Waals surface area contributed by atoms with Gasteiger partial charge in [0.1, 0.15) is 0 Å². The van der Waals surface area contributed by atoms with E-state index in [0.29, 0.717) is 5.56 Å². The molecule has 1 aliphatic heterocycles. The molecule has 2 aromatic carbocycles. The molecule has 0 fully saturated rings. The van der Waals surface area contributed by atoms with Gasteiger partial charge in [-0.3, -0.25) is 4.90 Å². The average Bonchev–Trinajstić information content (AvgIpc) is 2.55. The highest BCUT2D eigenvalue weighted by molar-refractivity contribution is 5.89. The Balaban J connectivity index is 1.58. The zero-order chi connectivity index (χ0) is 15.4. The van der Waals surface area contributed by atoms with Crippen molar-refractivity contribution in [1.29, 1.82) is 0 Å². The summed E-state index contributed by atoms with van der Waals surface area (Å²) in [4.78, 5) is 13.7. The lowest BCUT2D eigenvalue weighted by Crippen LogP contribution is -2.32. The summed E-state index contributed by atoms with van der Waals surface area (Å²) in [5.74, 6) is -0.811. The Morgan fingerprint density at radius 3 is 2.68 bits per heavy atom. The molecule has 0 saturated heterocycles. The van der Waals surface area contributed by atoms with Gasteiger partial charge in [0.25, 0.3) is 0 Å². The fraction of sp³-hybridized carbons (Fsp3) is 0.316. The first kappa shape index (κ1) is 14.8. The highest BCUT2D eigenvalue weighted by Crippen LogP contribution is 2.23. The molecule has 3 nitrogen and oxygen atoms in total. The summed E-state index contributed by atoms with van der Waals surface area (Å²) in [6.07, 6.45) is 3.07. The molecule has 0 unspecified atom stereocenters. The lowest BCUT2D eigenvalue weighted by atomic mass is 9.94. The summed E-state index contributed by atoms with van der Waals surface area (Å²) in [5.41, 5.74) is 4.05. The first-order chi connectivity index (χ1) is 10.7. The lowest BCUT2D eigenvalue weighted by molar-refractivity contribution is 0.0694. The predicted molar refractivity (Wildman–Crippen MR) is 87.1 cm³/mol. The Hall–Kier alpha value is -2.13. The zero-order valence-electron chi connectivity index (χ0n) is 12.7. The van der Waals surface area contributed by atoms with E-state index in [2.05, 4.69) is 35.2 Å². The smallest absolute Gasteiger partial charge is 0.335 e. The third-order valence-electron chi connectivity index (χ3n) is 4.36. The summed E-state index contributed by atoms with van der Waals surface area (Å²) in [6, 6.07) is 16.2. The van der Waals surface area contributed by atoms with Crippen molar-refractivity contribution in [2.24, 2.45) is 0 Å². The summed E-state index contributed by atoms with van der Waals surface area (Å²) in [6.45, 7) is 2.88. The van der Waals surface area contributed by atoms with E-state index in [0.717, 1.165) is 44.5 Å². The van der Waals surface area contributed by atoms with Crippen molar-refractivity contribution in [2.75, 3.05) is 13.1 Å². The van der Waals surface area contributed by atoms with E-state index in [-0.39, 0.29) is 0 Å². The van der Waals surface area contributed by atoms with Crippen LogP contribution in [0.1, 0.15) is 33.5 Å². The Bertz CT molecular complexity index is 652. The summed E-state index contributed by atoms with van der Waals surface area (Å²) in [7, 11) is 0. The quantitative estimate of drug-likeness (QED) is 0.919. The molecule has 22 heavy (non-hydrogen) atoms. The number of hydrogen-bond donors (Lipinski definition) is 1. The van der Waals surface area contributed by atoms with Gasteiger partial charge in [-0.2, -0.15) is 0 Å². The number of aryl methyl sites for hydroxylation is 1. The van der Waals surface area contributed by atoms with Gasteiger partial charge in [0.2, 0.25) is 0 Å². The number of fused-ring (bicyclic) bond motifs is 1. The van der Waals surface area contributed by atoms with Crippen LogP contribution in [0.2, 0.25) is 0 Å². The van der Waals surface area contributed by atoms with Crippen molar-refractivity contribution in [2.45, 2.75) is 25.8 Å². The molecule has 2 aromatic rings. The van der Waals surface area contributed by atoms with E-state index in [1.54, 1.807) is 6.07 Å². The van der Waals surface area contributed by atoms with Crippen LogP contribution >= 0.6 is 0 Å². The molecule has 3 heteroatoms. The first-order valence-corrected chi connectivity index (χ1v) is 7.84. The molecule has 1 aliphatic rings. The number of carbonyl (C=O) groups is 1. The van der Waals surface area contributed by atoms with Crippen molar-refractivity contribution >= 4 is 5.97 Å². The molecule has 0 saturated carbocycles. The average molecular weight is 295 g/mol. The maximum atomic E-state index is 11.3. The molecule has 0 spiro atoms. The van der Waals surface area contributed by atoms with Crippen molar-refractivity contribution in [3.05, 3.63) is 70.8 Å². The van der Waals surface area contributed by atoms with Crippen LogP contribution in [-0.4, -0.2) is 29.1 Å². The van der Waals surface area contributed by atoms with E-state index < -0.39 is 5.97 Å². The van der Waals surface area contributed by atoms with Crippen LogP contribution in [0.3, 0.4) is 0 Å². The molecule has 0 aromatic heterocycles. The molecule has 1 N–H and O–H groups in total. The standard InChI is InChI=1S/C19H21NO2/c21-19(22)18-10-4-9-16-14-20(13-11-17(16)18)12-5-8-15-6-2-1-3-7-15/h1-4,6-7,9-10H,5,8,11-14H2,(H,21,22). The minimum atomic E-state index is -0.811. The van der Waals surface area contributed by atoms with E-state index >= 15 is 0 Å². The lowest BCUT2D eigenvalue weighted by Gasteiger charge is -2.29. The second kappa shape index (κ2) is 6.75. The van der Waals surface area contributed by atoms with Gasteiger partial charge < -0.3 is 5.11 Å². The zero-order valence-corrected chi connectivity index (χ0v) is 12.7. The van der Waals surface area contributed by atoms with Gasteiger partial charge in [-0.25, -0.2) is 4.79 Å². The third-order valence-corrected chi connectivity index (χ3v) is 4.36. The van der Waals surface area contributed by atoms with Gasteiger partial charge in [0.05, 0.1) is 5.56 Å². The van der Waals surface area contributed by atoms with Crippen LogP contribution in [0.15, 0.2) is 48.5 Å². The molecule has 0 aliphatic carbocycles. The van der Waals surface area contributed by atoms with Crippen LogP contribution in [0, 0.1) is 0 Å². The molecule has 114 valence electrons. The number of carboxylic acid groups (broad SMARTS) is 1. The van der Waals surface area contributed by atoms with E-state index in [4.69, 9.17) is 0 Å². The van der Waals surface area contributed by atoms with Crippen molar-refractivity contribution in [3.8, 4) is 0 Å². The SMILES string of the molecule is O=C(O)c1cccc2c1CCN(CCCc1ccccc1)C2. The Labute approximate surface area is 131 Å². The molecular formula is C19H21NO2. The Morgan fingerprint density at radius 1 is 1.09 bits per heavy atom. The number of hydrogen-bond acceptors (Lipinski definition) is 2. The second-order valence-corrected chi connectivity index (χ2v) is 5.86. The largest absolute Gasteiger partial charge is 0.478 e. The monoisotopic (exact) mass is 295 g/mol. The summed E-state index contributed by atoms with van der Waals surface area (Å²) < 4.78 is 0. The number of carboxylic acids is 1. The number of benzene rings is 2. The van der Waals surface area contributed by atoms with Crippen LogP contribution in [0.25, 0.3) is 0 Å². The van der Waals surface area contributed by atoms with E-state index in [1.165, 1.54) is 11.1 Å². The van der Waals surface area contributed by atoms with E-state index in [9.17, 15) is 9.90 Å². The molecule has 3 rings (SSSR count). The fourth-order valence-corrected chi connectivity index (χ4v) is 3.21. The van der Waals surface area contributed by atoms with Gasteiger partial charge in [-0.15, -0.1) is 0 Å². The van der Waals surface area contributed by atoms with Crippen molar-refractivity contribution in [1.82, 2.24) is 4.90 Å². The van der Waals surface area contributed by atoms with Gasteiger partial charge in [-0.05, 0) is 48.6 Å². The van der Waals surface area contributed by atoms with Crippen molar-refractivity contribution < 1.29 is 9.90 Å². The highest BCUT2D eigenvalue weighted by Gasteiger charge is 2.20. The fourth-order valence-electron chi connectivity index (χ4n) is 3.21. The predicted octanol–water partition coefficient (Wildman–Crippen LogP) is 3.38. The first-order valence-electron chi connectivity index (χ1n) is 7.84.